The third-order valence-corrected chi connectivity index (χ3v) is 3.96. The third kappa shape index (κ3) is 5.34. The molecule has 0 aliphatic heterocycles. The quantitative estimate of drug-likeness (QED) is 0.858. The molecule has 11 heteroatoms. The zero-order valence-corrected chi connectivity index (χ0v) is 12.5. The Morgan fingerprint density at radius 3 is 2.29 bits per heavy atom. The number of sulfonamides is 1. The fourth-order valence-corrected chi connectivity index (χ4v) is 2.74. The Hall–Kier alpha value is -1.03. The standard InChI is InChI=1S/C10H9Cl2F3N2O3S/c11-6-4-7(12)8(21(16,19)20)3-5(6)9(18)17-2-1-10(13,14)15/h3-4H,1-2H2,(H,17,18)(H2,16,19,20). The Bertz CT molecular complexity index is 662. The highest BCUT2D eigenvalue weighted by Crippen LogP contribution is 2.28. The van der Waals surface area contributed by atoms with Gasteiger partial charge in [-0.25, -0.2) is 13.6 Å². The van der Waals surface area contributed by atoms with Crippen LogP contribution in [-0.2, 0) is 10.0 Å². The van der Waals surface area contributed by atoms with Crippen molar-refractivity contribution in [2.45, 2.75) is 17.5 Å². The summed E-state index contributed by atoms with van der Waals surface area (Å²) in [4.78, 5) is 11.2. The van der Waals surface area contributed by atoms with Crippen molar-refractivity contribution < 1.29 is 26.4 Å². The molecule has 0 aliphatic rings. The Labute approximate surface area is 128 Å². The maximum Gasteiger partial charge on any atom is 0.390 e. The lowest BCUT2D eigenvalue weighted by Gasteiger charge is -2.10. The molecule has 0 unspecified atom stereocenters. The van der Waals surface area contributed by atoms with Gasteiger partial charge in [-0.15, -0.1) is 0 Å². The van der Waals surface area contributed by atoms with E-state index in [1.165, 1.54) is 0 Å². The van der Waals surface area contributed by atoms with Crippen LogP contribution >= 0.6 is 23.2 Å². The average Bonchev–Trinajstić information content (AvgIpc) is 2.24. The van der Waals surface area contributed by atoms with Crippen LogP contribution in [0.2, 0.25) is 10.0 Å². The Balaban J connectivity index is 3.00. The van der Waals surface area contributed by atoms with Gasteiger partial charge in [0.2, 0.25) is 10.0 Å². The number of carbonyl (C=O) groups is 1. The summed E-state index contributed by atoms with van der Waals surface area (Å²) in [5.41, 5.74) is -0.340. The molecule has 0 aromatic heterocycles. The van der Waals surface area contributed by atoms with E-state index in [2.05, 4.69) is 0 Å². The summed E-state index contributed by atoms with van der Waals surface area (Å²) in [5.74, 6) is -0.967. The average molecular weight is 365 g/mol. The number of nitrogens with two attached hydrogens (primary N) is 1. The number of hydrogen-bond donors (Lipinski definition) is 2. The van der Waals surface area contributed by atoms with E-state index in [-0.39, 0.29) is 15.6 Å². The normalized spacial score (nSPS) is 12.3. The lowest BCUT2D eigenvalue weighted by molar-refractivity contribution is -0.132. The Morgan fingerprint density at radius 1 is 1.24 bits per heavy atom. The van der Waals surface area contributed by atoms with E-state index in [9.17, 15) is 26.4 Å². The SMILES string of the molecule is NS(=O)(=O)c1cc(C(=O)NCCC(F)(F)F)c(Cl)cc1Cl. The fraction of sp³-hybridized carbons (Fsp3) is 0.300. The van der Waals surface area contributed by atoms with E-state index in [0.717, 1.165) is 12.1 Å². The largest absolute Gasteiger partial charge is 0.390 e. The topological polar surface area (TPSA) is 89.3 Å². The number of benzene rings is 1. The summed E-state index contributed by atoms with van der Waals surface area (Å²) in [7, 11) is -4.20. The van der Waals surface area contributed by atoms with Gasteiger partial charge in [0.1, 0.15) is 4.90 Å². The highest BCUT2D eigenvalue weighted by Gasteiger charge is 2.27. The molecule has 118 valence electrons. The maximum atomic E-state index is 12.0. The highest BCUT2D eigenvalue weighted by molar-refractivity contribution is 7.89. The summed E-state index contributed by atoms with van der Waals surface area (Å²) < 4.78 is 58.4. The lowest BCUT2D eigenvalue weighted by atomic mass is 10.2. The molecule has 0 aliphatic carbocycles. The molecule has 1 amide bonds. The lowest BCUT2D eigenvalue weighted by Crippen LogP contribution is -2.28. The van der Waals surface area contributed by atoms with E-state index in [1.807, 2.05) is 5.32 Å². The van der Waals surface area contributed by atoms with Crippen molar-refractivity contribution in [1.29, 1.82) is 0 Å². The molecular weight excluding hydrogens is 356 g/mol. The third-order valence-electron chi connectivity index (χ3n) is 2.27. The molecule has 5 nitrogen and oxygen atoms in total. The predicted molar refractivity (Wildman–Crippen MR) is 70.8 cm³/mol. The number of hydrogen-bond acceptors (Lipinski definition) is 3. The minimum absolute atomic E-state index is 0.211. The van der Waals surface area contributed by atoms with Crippen molar-refractivity contribution in [3.05, 3.63) is 27.7 Å². The van der Waals surface area contributed by atoms with Gasteiger partial charge in [-0.1, -0.05) is 23.2 Å². The van der Waals surface area contributed by atoms with Crippen molar-refractivity contribution in [3.8, 4) is 0 Å². The molecule has 21 heavy (non-hydrogen) atoms. The molecule has 0 radical (unpaired) electrons. The maximum absolute atomic E-state index is 12.0. The van der Waals surface area contributed by atoms with Crippen molar-refractivity contribution in [1.82, 2.24) is 5.32 Å². The van der Waals surface area contributed by atoms with Gasteiger partial charge >= 0.3 is 6.18 Å². The van der Waals surface area contributed by atoms with Crippen molar-refractivity contribution in [2.75, 3.05) is 6.54 Å². The van der Waals surface area contributed by atoms with Crippen molar-refractivity contribution in [2.24, 2.45) is 5.14 Å². The minimum atomic E-state index is -4.43. The first-order valence-electron chi connectivity index (χ1n) is 5.28. The molecule has 1 aromatic rings. The Morgan fingerprint density at radius 2 is 1.81 bits per heavy atom. The van der Waals surface area contributed by atoms with Gasteiger partial charge in [-0.05, 0) is 12.1 Å². The second kappa shape index (κ2) is 6.39. The molecule has 0 spiro atoms. The van der Waals surface area contributed by atoms with Crippen LogP contribution in [0.1, 0.15) is 16.8 Å². The van der Waals surface area contributed by atoms with Gasteiger partial charge in [0.15, 0.2) is 0 Å². The van der Waals surface area contributed by atoms with Crippen LogP contribution in [0.3, 0.4) is 0 Å². The molecule has 3 N–H and O–H groups in total. The summed E-state index contributed by atoms with van der Waals surface area (Å²) in [6.07, 6.45) is -5.66. The molecule has 0 fully saturated rings. The Kier molecular flexibility index (Phi) is 5.48. The number of rotatable bonds is 4. The summed E-state index contributed by atoms with van der Waals surface area (Å²) in [5, 5.41) is 6.36. The van der Waals surface area contributed by atoms with E-state index in [1.54, 1.807) is 0 Å². The summed E-state index contributed by atoms with van der Waals surface area (Å²) in [6.45, 7) is -0.675. The molecule has 0 saturated heterocycles. The molecule has 1 rings (SSSR count). The first kappa shape index (κ1) is 18.0. The molecule has 1 aromatic carbocycles. The number of carbonyl (C=O) groups excluding carboxylic acids is 1. The molecule has 0 bridgehead atoms. The number of primary sulfonamides is 1. The van der Waals surface area contributed by atoms with Crippen LogP contribution in [0.4, 0.5) is 13.2 Å². The second-order valence-corrected chi connectivity index (χ2v) is 6.27. The van der Waals surface area contributed by atoms with Crippen LogP contribution in [0.15, 0.2) is 17.0 Å². The van der Waals surface area contributed by atoms with Crippen LogP contribution < -0.4 is 10.5 Å². The zero-order valence-electron chi connectivity index (χ0n) is 10.2. The van der Waals surface area contributed by atoms with Gasteiger partial charge in [-0.2, -0.15) is 13.2 Å². The van der Waals surface area contributed by atoms with E-state index in [0.29, 0.717) is 0 Å². The molecule has 0 atom stereocenters. The second-order valence-electron chi connectivity index (χ2n) is 3.93. The zero-order chi connectivity index (χ0) is 16.4. The van der Waals surface area contributed by atoms with E-state index in [4.69, 9.17) is 28.3 Å². The molecule has 0 saturated carbocycles. The van der Waals surface area contributed by atoms with Crippen molar-refractivity contribution >= 4 is 39.1 Å². The molecular formula is C10H9Cl2F3N2O3S. The van der Waals surface area contributed by atoms with Crippen LogP contribution in [0.25, 0.3) is 0 Å². The van der Waals surface area contributed by atoms with Crippen LogP contribution in [-0.4, -0.2) is 27.0 Å². The number of alkyl halides is 3. The number of halogens is 5. The number of nitrogens with one attached hydrogen (secondary N) is 1. The fourth-order valence-electron chi connectivity index (χ4n) is 1.33. The van der Waals surface area contributed by atoms with Gasteiger partial charge in [-0.3, -0.25) is 4.79 Å². The number of amides is 1. The van der Waals surface area contributed by atoms with Gasteiger partial charge < -0.3 is 5.32 Å². The van der Waals surface area contributed by atoms with E-state index < -0.39 is 40.0 Å². The monoisotopic (exact) mass is 364 g/mol. The first-order valence-corrected chi connectivity index (χ1v) is 7.59. The van der Waals surface area contributed by atoms with Crippen LogP contribution in [0.5, 0.6) is 0 Å². The summed E-state index contributed by atoms with van der Waals surface area (Å²) >= 11 is 11.3. The smallest absolute Gasteiger partial charge is 0.352 e. The predicted octanol–water partition coefficient (Wildman–Crippen LogP) is 2.32. The van der Waals surface area contributed by atoms with Gasteiger partial charge in [0.05, 0.1) is 22.0 Å². The molecule has 0 heterocycles. The van der Waals surface area contributed by atoms with E-state index >= 15 is 0 Å². The van der Waals surface area contributed by atoms with Gasteiger partial charge in [0, 0.05) is 6.54 Å². The highest BCUT2D eigenvalue weighted by atomic mass is 35.5. The minimum Gasteiger partial charge on any atom is -0.352 e. The van der Waals surface area contributed by atoms with Crippen LogP contribution in [0, 0.1) is 0 Å². The van der Waals surface area contributed by atoms with Crippen molar-refractivity contribution in [3.63, 3.8) is 0 Å². The summed E-state index contributed by atoms with van der Waals surface area (Å²) in [6, 6.07) is 1.78. The van der Waals surface area contributed by atoms with Gasteiger partial charge in [0.25, 0.3) is 5.91 Å². The first-order chi connectivity index (χ1) is 9.42.